The number of para-hydroxylation sites is 2. The largest absolute Gasteiger partial charge is 0.377 e. The van der Waals surface area contributed by atoms with Crippen LogP contribution in [0, 0.1) is 0 Å². The van der Waals surface area contributed by atoms with Gasteiger partial charge < -0.3 is 20.3 Å². The fraction of sp³-hybridized carbons (Fsp3) is 0.421. The summed E-state index contributed by atoms with van der Waals surface area (Å²) in [5.41, 5.74) is 3.10. The van der Waals surface area contributed by atoms with Crippen LogP contribution in [0.1, 0.15) is 12.5 Å². The summed E-state index contributed by atoms with van der Waals surface area (Å²) in [6, 6.07) is 8.34. The molecule has 1 aromatic carbocycles. The molecule has 3 aromatic rings. The van der Waals surface area contributed by atoms with E-state index in [9.17, 15) is 0 Å². The first-order valence-corrected chi connectivity index (χ1v) is 9.41. The van der Waals surface area contributed by atoms with E-state index in [1.807, 2.05) is 35.9 Å². The number of hydrogen-bond donors (Lipinski definition) is 2. The highest BCUT2D eigenvalue weighted by Crippen LogP contribution is 2.33. The van der Waals surface area contributed by atoms with Crippen LogP contribution in [0.3, 0.4) is 0 Å². The van der Waals surface area contributed by atoms with Gasteiger partial charge in [0.1, 0.15) is 11.6 Å². The van der Waals surface area contributed by atoms with Crippen LogP contribution < -0.4 is 15.5 Å². The topological polar surface area (TPSA) is 80.1 Å². The second-order valence-electron chi connectivity index (χ2n) is 6.98. The van der Waals surface area contributed by atoms with Crippen molar-refractivity contribution in [3.63, 3.8) is 0 Å². The zero-order chi connectivity index (χ0) is 18.4. The van der Waals surface area contributed by atoms with E-state index in [4.69, 9.17) is 14.7 Å². The van der Waals surface area contributed by atoms with Crippen molar-refractivity contribution in [1.29, 1.82) is 0 Å². The third-order valence-corrected chi connectivity index (χ3v) is 5.27. The van der Waals surface area contributed by atoms with Gasteiger partial charge in [0.15, 0.2) is 0 Å². The average Bonchev–Trinajstić information content (AvgIpc) is 3.31. The lowest BCUT2D eigenvalue weighted by molar-refractivity contribution is 0.0984. The van der Waals surface area contributed by atoms with E-state index in [-0.39, 0.29) is 6.04 Å². The maximum atomic E-state index is 5.62. The van der Waals surface area contributed by atoms with Crippen LogP contribution in [0.25, 0.3) is 17.0 Å². The van der Waals surface area contributed by atoms with Gasteiger partial charge >= 0.3 is 0 Å². The van der Waals surface area contributed by atoms with Gasteiger partial charge in [-0.25, -0.2) is 9.55 Å². The minimum atomic E-state index is 0.287. The molecule has 27 heavy (non-hydrogen) atoms. The number of nitrogens with one attached hydrogen (secondary N) is 2. The first kappa shape index (κ1) is 16.3. The van der Waals surface area contributed by atoms with Crippen molar-refractivity contribution in [2.24, 2.45) is 0 Å². The van der Waals surface area contributed by atoms with Crippen LogP contribution in [-0.2, 0) is 11.2 Å². The summed E-state index contributed by atoms with van der Waals surface area (Å²) >= 11 is 0. The number of benzene rings is 1. The van der Waals surface area contributed by atoms with Crippen LogP contribution in [0.2, 0.25) is 0 Å². The molecular formula is C19H23N7O. The zero-order valence-corrected chi connectivity index (χ0v) is 15.6. The predicted octanol–water partition coefficient (Wildman–Crippen LogP) is 2.05. The van der Waals surface area contributed by atoms with Crippen molar-refractivity contribution >= 4 is 28.6 Å². The van der Waals surface area contributed by atoms with Crippen molar-refractivity contribution in [3.05, 3.63) is 29.8 Å². The van der Waals surface area contributed by atoms with E-state index in [0.717, 1.165) is 61.3 Å². The van der Waals surface area contributed by atoms with Gasteiger partial charge in [-0.1, -0.05) is 12.1 Å². The van der Waals surface area contributed by atoms with Crippen molar-refractivity contribution in [3.8, 4) is 5.95 Å². The van der Waals surface area contributed by atoms with Crippen molar-refractivity contribution in [2.45, 2.75) is 19.4 Å². The standard InChI is InChI=1S/C19H23N7O/c1-12-11-27-10-9-25(12)17-13-7-8-21-16(13)23-19(24-17)26-15-6-4-3-5-14(15)22-18(26)20-2/h3-6,12H,7-11H2,1-2H3,(H,20,22)(H,21,23,24)/t12-/m1/s1. The van der Waals surface area contributed by atoms with Gasteiger partial charge in [0.05, 0.1) is 30.3 Å². The molecule has 5 rings (SSSR count). The summed E-state index contributed by atoms with van der Waals surface area (Å²) in [6.07, 6.45) is 0.943. The molecule has 8 nitrogen and oxygen atoms in total. The predicted molar refractivity (Wildman–Crippen MR) is 106 cm³/mol. The number of hydrogen-bond acceptors (Lipinski definition) is 7. The van der Waals surface area contributed by atoms with Crippen LogP contribution in [-0.4, -0.2) is 58.9 Å². The molecule has 1 atom stereocenters. The molecule has 0 unspecified atom stereocenters. The molecule has 2 aliphatic heterocycles. The molecule has 0 spiro atoms. The minimum Gasteiger partial charge on any atom is -0.377 e. The molecule has 140 valence electrons. The normalized spacial score (nSPS) is 19.2. The second-order valence-corrected chi connectivity index (χ2v) is 6.98. The molecule has 2 aliphatic rings. The highest BCUT2D eigenvalue weighted by atomic mass is 16.5. The Kier molecular flexibility index (Phi) is 3.86. The van der Waals surface area contributed by atoms with Gasteiger partial charge in [-0.2, -0.15) is 9.97 Å². The fourth-order valence-corrected chi connectivity index (χ4v) is 3.92. The van der Waals surface area contributed by atoms with Gasteiger partial charge in [0.25, 0.3) is 0 Å². The number of imidazole rings is 1. The molecule has 1 fully saturated rings. The molecule has 8 heteroatoms. The van der Waals surface area contributed by atoms with E-state index in [2.05, 4.69) is 27.4 Å². The van der Waals surface area contributed by atoms with Gasteiger partial charge in [0, 0.05) is 25.7 Å². The van der Waals surface area contributed by atoms with Gasteiger partial charge in [-0.3, -0.25) is 0 Å². The Balaban J connectivity index is 1.71. The number of nitrogens with zero attached hydrogens (tertiary/aromatic N) is 5. The Morgan fingerprint density at radius 3 is 2.96 bits per heavy atom. The van der Waals surface area contributed by atoms with E-state index < -0.39 is 0 Å². The van der Waals surface area contributed by atoms with Crippen molar-refractivity contribution in [1.82, 2.24) is 19.5 Å². The maximum Gasteiger partial charge on any atom is 0.241 e. The summed E-state index contributed by atoms with van der Waals surface area (Å²) in [4.78, 5) is 16.9. The fourth-order valence-electron chi connectivity index (χ4n) is 3.92. The maximum absolute atomic E-state index is 5.62. The molecule has 4 heterocycles. The van der Waals surface area contributed by atoms with Gasteiger partial charge in [0.2, 0.25) is 11.9 Å². The number of anilines is 3. The molecule has 2 N–H and O–H groups in total. The number of rotatable bonds is 3. The molecule has 2 aromatic heterocycles. The Morgan fingerprint density at radius 2 is 2.11 bits per heavy atom. The van der Waals surface area contributed by atoms with Crippen LogP contribution in [0.4, 0.5) is 17.6 Å². The smallest absolute Gasteiger partial charge is 0.241 e. The summed E-state index contributed by atoms with van der Waals surface area (Å²) < 4.78 is 7.61. The number of ether oxygens (including phenoxy) is 1. The monoisotopic (exact) mass is 365 g/mol. The molecule has 0 aliphatic carbocycles. The van der Waals surface area contributed by atoms with Crippen molar-refractivity contribution in [2.75, 3.05) is 48.9 Å². The zero-order valence-electron chi connectivity index (χ0n) is 15.6. The Bertz CT molecular complexity index is 999. The van der Waals surface area contributed by atoms with Gasteiger partial charge in [-0.05, 0) is 25.5 Å². The molecule has 0 amide bonds. The third-order valence-electron chi connectivity index (χ3n) is 5.27. The first-order chi connectivity index (χ1) is 13.3. The first-order valence-electron chi connectivity index (χ1n) is 9.41. The van der Waals surface area contributed by atoms with Crippen molar-refractivity contribution < 1.29 is 4.74 Å². The summed E-state index contributed by atoms with van der Waals surface area (Å²) in [7, 11) is 1.87. The highest BCUT2D eigenvalue weighted by molar-refractivity contribution is 5.81. The average molecular weight is 365 g/mol. The molecule has 1 saturated heterocycles. The second kappa shape index (κ2) is 6.38. The van der Waals surface area contributed by atoms with Crippen LogP contribution in [0.15, 0.2) is 24.3 Å². The summed E-state index contributed by atoms with van der Waals surface area (Å²) in [5, 5.41) is 6.60. The van der Waals surface area contributed by atoms with E-state index in [1.54, 1.807) is 0 Å². The molecule has 0 bridgehead atoms. The van der Waals surface area contributed by atoms with E-state index in [0.29, 0.717) is 5.95 Å². The lowest BCUT2D eigenvalue weighted by atomic mass is 10.2. The SMILES string of the molecule is CNc1nc2ccccc2n1-c1nc2c(c(N3CCOC[C@H]3C)n1)CCN2. The van der Waals surface area contributed by atoms with Crippen LogP contribution in [0.5, 0.6) is 0 Å². The Labute approximate surface area is 157 Å². The number of aromatic nitrogens is 4. The Hall–Kier alpha value is -2.87. The lowest BCUT2D eigenvalue weighted by Gasteiger charge is -2.35. The minimum absolute atomic E-state index is 0.287. The number of fused-ring (bicyclic) bond motifs is 2. The summed E-state index contributed by atoms with van der Waals surface area (Å²) in [5.74, 6) is 3.30. The highest BCUT2D eigenvalue weighted by Gasteiger charge is 2.28. The quantitative estimate of drug-likeness (QED) is 0.735. The summed E-state index contributed by atoms with van der Waals surface area (Å²) in [6.45, 7) is 5.36. The number of morpholine rings is 1. The van der Waals surface area contributed by atoms with Gasteiger partial charge in [-0.15, -0.1) is 0 Å². The third kappa shape index (κ3) is 2.59. The Morgan fingerprint density at radius 1 is 1.22 bits per heavy atom. The molecular weight excluding hydrogens is 342 g/mol. The molecule has 0 saturated carbocycles. The van der Waals surface area contributed by atoms with Crippen LogP contribution >= 0.6 is 0 Å². The van der Waals surface area contributed by atoms with E-state index in [1.165, 1.54) is 5.56 Å². The van der Waals surface area contributed by atoms with E-state index >= 15 is 0 Å². The molecule has 0 radical (unpaired) electrons. The lowest BCUT2D eigenvalue weighted by Crippen LogP contribution is -2.44.